The standard InChI is InChI=1S/C25H26Cl3N7O2/c1-13(2)22-21-24(35(34-22)23-17(27)10-15(26)11-18(23)28)32-19(33-25(21)37)9-14-3-5-16(6-4-14)31-20(36)12-30-8-7-29/h3-6,10-11,13,30,34H,7-9,12,29H2,1-2H3,(H,31,36). The maximum Gasteiger partial charge on any atom is 0.284 e. The van der Waals surface area contributed by atoms with Crippen molar-refractivity contribution >= 4 is 46.4 Å². The number of aromatic nitrogens is 4. The maximum atomic E-state index is 13.1. The van der Waals surface area contributed by atoms with Gasteiger partial charge >= 0.3 is 0 Å². The molecule has 9 nitrogen and oxygen atoms in total. The molecule has 0 bridgehead atoms. The van der Waals surface area contributed by atoms with Gasteiger partial charge in [-0.15, -0.1) is 0 Å². The van der Waals surface area contributed by atoms with Crippen molar-refractivity contribution in [3.63, 3.8) is 0 Å². The van der Waals surface area contributed by atoms with E-state index in [0.29, 0.717) is 68.9 Å². The summed E-state index contributed by atoms with van der Waals surface area (Å²) < 4.78 is 1.61. The number of fused-ring (bicyclic) bond motifs is 1. The zero-order valence-corrected chi connectivity index (χ0v) is 22.5. The molecular formula is C25H26Cl3N7O2. The van der Waals surface area contributed by atoms with E-state index in [4.69, 9.17) is 45.5 Å². The van der Waals surface area contributed by atoms with Crippen LogP contribution in [0.4, 0.5) is 5.69 Å². The molecule has 1 amide bonds. The van der Waals surface area contributed by atoms with Crippen molar-refractivity contribution in [2.24, 2.45) is 5.73 Å². The third kappa shape index (κ3) is 6.14. The summed E-state index contributed by atoms with van der Waals surface area (Å²) in [5, 5.41) is 10.0. The van der Waals surface area contributed by atoms with E-state index in [1.165, 1.54) is 0 Å². The Morgan fingerprint density at radius 1 is 1.11 bits per heavy atom. The second kappa shape index (κ2) is 11.6. The van der Waals surface area contributed by atoms with E-state index < -0.39 is 5.56 Å². The van der Waals surface area contributed by atoms with Crippen LogP contribution in [0.25, 0.3) is 17.1 Å². The fourth-order valence-electron chi connectivity index (χ4n) is 3.90. The van der Waals surface area contributed by atoms with Gasteiger partial charge in [0.15, 0.2) is 5.82 Å². The number of aromatic amines is 1. The number of rotatable bonds is 9. The number of halogens is 3. The molecule has 5 N–H and O–H groups in total. The molecule has 0 saturated carbocycles. The third-order valence-electron chi connectivity index (χ3n) is 5.61. The Kier molecular flexibility index (Phi) is 8.51. The SMILES string of the molecule is CC(C)c1[nH]n(-c2c(Cl)cc(Cl)cc2Cl)c2nc(Cc3ccc(NC(=O)CNCCN)cc3)nc(=O)c1-2. The van der Waals surface area contributed by atoms with Crippen LogP contribution in [-0.4, -0.2) is 45.3 Å². The second-order valence-corrected chi connectivity index (χ2v) is 10.0. The summed E-state index contributed by atoms with van der Waals surface area (Å²) >= 11 is 19.1. The molecule has 0 radical (unpaired) electrons. The minimum atomic E-state index is -0.395. The lowest BCUT2D eigenvalue weighted by Crippen LogP contribution is -2.31. The highest BCUT2D eigenvalue weighted by Gasteiger charge is 2.27. The van der Waals surface area contributed by atoms with Crippen LogP contribution in [0.2, 0.25) is 15.1 Å². The normalized spacial score (nSPS) is 11.4. The Hall–Kier alpha value is -2.95. The highest BCUT2D eigenvalue weighted by Crippen LogP contribution is 2.36. The molecule has 0 fully saturated rings. The molecule has 194 valence electrons. The van der Waals surface area contributed by atoms with Gasteiger partial charge in [0.05, 0.1) is 22.3 Å². The highest BCUT2D eigenvalue weighted by molar-refractivity contribution is 6.40. The van der Waals surface area contributed by atoms with Gasteiger partial charge in [0.1, 0.15) is 17.1 Å². The van der Waals surface area contributed by atoms with Crippen LogP contribution >= 0.6 is 34.8 Å². The van der Waals surface area contributed by atoms with Crippen LogP contribution in [0.1, 0.15) is 36.8 Å². The Bertz CT molecular complexity index is 1420. The number of hydrogen-bond donors (Lipinski definition) is 4. The van der Waals surface area contributed by atoms with Crippen LogP contribution < -0.4 is 21.9 Å². The number of hydrogen-bond acceptors (Lipinski definition) is 6. The number of nitrogens with zero attached hydrogens (tertiary/aromatic N) is 3. The van der Waals surface area contributed by atoms with E-state index >= 15 is 0 Å². The van der Waals surface area contributed by atoms with E-state index in [-0.39, 0.29) is 18.4 Å². The van der Waals surface area contributed by atoms with Crippen molar-refractivity contribution in [2.45, 2.75) is 26.2 Å². The van der Waals surface area contributed by atoms with Gasteiger partial charge in [-0.25, -0.2) is 9.67 Å². The molecule has 0 aliphatic carbocycles. The lowest BCUT2D eigenvalue weighted by Gasteiger charge is -2.12. The van der Waals surface area contributed by atoms with E-state index in [9.17, 15) is 9.59 Å². The molecule has 4 rings (SSSR count). The fraction of sp³-hybridized carbons (Fsp3) is 0.280. The lowest BCUT2D eigenvalue weighted by atomic mass is 10.1. The molecule has 2 aromatic rings. The molecule has 37 heavy (non-hydrogen) atoms. The van der Waals surface area contributed by atoms with Crippen LogP contribution in [-0.2, 0) is 11.2 Å². The van der Waals surface area contributed by atoms with Crippen molar-refractivity contribution < 1.29 is 4.79 Å². The Labute approximate surface area is 228 Å². The number of carbonyl (C=O) groups excluding carboxylic acids is 1. The first-order valence-corrected chi connectivity index (χ1v) is 12.8. The summed E-state index contributed by atoms with van der Waals surface area (Å²) in [5.74, 6) is 0.538. The Morgan fingerprint density at radius 2 is 1.78 bits per heavy atom. The first-order valence-electron chi connectivity index (χ1n) is 11.6. The highest BCUT2D eigenvalue weighted by atomic mass is 35.5. The van der Waals surface area contributed by atoms with Crippen LogP contribution in [0.15, 0.2) is 41.2 Å². The Morgan fingerprint density at radius 3 is 2.41 bits per heavy atom. The quantitative estimate of drug-likeness (QED) is 0.226. The Balaban J connectivity index is 1.66. The van der Waals surface area contributed by atoms with Gasteiger partial charge in [0, 0.05) is 30.2 Å². The second-order valence-electron chi connectivity index (χ2n) is 8.76. The number of anilines is 1. The van der Waals surface area contributed by atoms with Crippen molar-refractivity contribution in [1.82, 2.24) is 25.1 Å². The molecule has 0 aromatic heterocycles. The molecular weight excluding hydrogens is 537 g/mol. The first-order chi connectivity index (χ1) is 17.7. The van der Waals surface area contributed by atoms with Gasteiger partial charge in [0.2, 0.25) is 5.91 Å². The molecule has 0 spiro atoms. The van der Waals surface area contributed by atoms with Crippen molar-refractivity contribution in [2.75, 3.05) is 25.0 Å². The predicted molar refractivity (Wildman–Crippen MR) is 148 cm³/mol. The molecule has 0 atom stereocenters. The smallest absolute Gasteiger partial charge is 0.284 e. The average Bonchev–Trinajstić information content (AvgIpc) is 3.20. The van der Waals surface area contributed by atoms with Gasteiger partial charge in [0.25, 0.3) is 5.56 Å². The fourth-order valence-corrected chi connectivity index (χ4v) is 4.89. The van der Waals surface area contributed by atoms with Crippen LogP contribution in [0.3, 0.4) is 0 Å². The van der Waals surface area contributed by atoms with Crippen molar-refractivity contribution in [3.05, 3.63) is 78.9 Å². The van der Waals surface area contributed by atoms with E-state index in [2.05, 4.69) is 20.7 Å². The minimum Gasteiger partial charge on any atom is -0.329 e. The molecule has 0 unspecified atom stereocenters. The number of amides is 1. The number of carbonyl (C=O) groups is 1. The van der Waals surface area contributed by atoms with Gasteiger partial charge in [-0.2, -0.15) is 4.98 Å². The molecule has 2 aromatic carbocycles. The summed E-state index contributed by atoms with van der Waals surface area (Å²) in [5.41, 5.74) is 8.03. The third-order valence-corrected chi connectivity index (χ3v) is 6.40. The number of H-pyrrole nitrogens is 1. The first kappa shape index (κ1) is 27.1. The zero-order valence-electron chi connectivity index (χ0n) is 20.2. The molecule has 2 heterocycles. The van der Waals surface area contributed by atoms with Gasteiger partial charge < -0.3 is 16.4 Å². The summed E-state index contributed by atoms with van der Waals surface area (Å²) in [4.78, 5) is 34.1. The number of benzene rings is 2. The number of nitrogens with two attached hydrogens (primary N) is 1. The average molecular weight is 563 g/mol. The molecule has 2 aliphatic rings. The van der Waals surface area contributed by atoms with Crippen LogP contribution in [0, 0.1) is 0 Å². The monoisotopic (exact) mass is 561 g/mol. The van der Waals surface area contributed by atoms with Crippen LogP contribution in [0.5, 0.6) is 0 Å². The summed E-state index contributed by atoms with van der Waals surface area (Å²) in [7, 11) is 0. The molecule has 2 aliphatic heterocycles. The zero-order chi connectivity index (χ0) is 26.7. The van der Waals surface area contributed by atoms with Crippen molar-refractivity contribution in [3.8, 4) is 17.1 Å². The van der Waals surface area contributed by atoms with Gasteiger partial charge in [-0.1, -0.05) is 60.8 Å². The van der Waals surface area contributed by atoms with Gasteiger partial charge in [-0.3, -0.25) is 14.7 Å². The summed E-state index contributed by atoms with van der Waals surface area (Å²) in [6, 6.07) is 10.4. The molecule has 12 heteroatoms. The summed E-state index contributed by atoms with van der Waals surface area (Å²) in [6.07, 6.45) is 0.307. The predicted octanol–water partition coefficient (Wildman–Crippen LogP) is 4.22. The molecule has 0 saturated heterocycles. The maximum absolute atomic E-state index is 13.1. The topological polar surface area (TPSA) is 131 Å². The minimum absolute atomic E-state index is 0.0102. The summed E-state index contributed by atoms with van der Waals surface area (Å²) in [6.45, 7) is 5.12. The van der Waals surface area contributed by atoms with E-state index in [0.717, 1.165) is 5.56 Å². The number of nitrogens with one attached hydrogen (secondary N) is 3. The van der Waals surface area contributed by atoms with E-state index in [1.54, 1.807) is 28.9 Å². The van der Waals surface area contributed by atoms with E-state index in [1.807, 2.05) is 26.0 Å². The lowest BCUT2D eigenvalue weighted by molar-refractivity contribution is -0.115. The van der Waals surface area contributed by atoms with Gasteiger partial charge in [-0.05, 0) is 35.7 Å². The van der Waals surface area contributed by atoms with Crippen molar-refractivity contribution in [1.29, 1.82) is 0 Å². The largest absolute Gasteiger partial charge is 0.329 e.